The Morgan fingerprint density at radius 1 is 0.926 bits per heavy atom. The number of carbonyl (C=O) groups excluding carboxylic acids is 3. The molecule has 2 N–H and O–H groups in total. The van der Waals surface area contributed by atoms with E-state index in [0.717, 1.165) is 5.56 Å². The van der Waals surface area contributed by atoms with Gasteiger partial charge in [-0.05, 0) is 25.5 Å². The second-order valence-corrected chi connectivity index (χ2v) is 5.40. The minimum absolute atomic E-state index is 0.0396. The highest BCUT2D eigenvalue weighted by Gasteiger charge is 2.13. The molecule has 0 bridgehead atoms. The number of carbonyl (C=O) groups is 3. The molecule has 0 saturated heterocycles. The van der Waals surface area contributed by atoms with Crippen molar-refractivity contribution >= 4 is 24.2 Å². The molecule has 0 spiro atoms. The normalized spacial score (nSPS) is 10.3. The summed E-state index contributed by atoms with van der Waals surface area (Å²) in [4.78, 5) is 36.6. The highest BCUT2D eigenvalue weighted by molar-refractivity contribution is 5.91. The third-order valence-electron chi connectivity index (χ3n) is 3.36. The molecule has 0 aliphatic heterocycles. The molecule has 0 aromatic heterocycles. The molecular formula is C19H27N3O5. The van der Waals surface area contributed by atoms with E-state index in [4.69, 9.17) is 9.47 Å². The van der Waals surface area contributed by atoms with Gasteiger partial charge in [-0.1, -0.05) is 30.3 Å². The number of hydrogen-bond acceptors (Lipinski definition) is 5. The van der Waals surface area contributed by atoms with Crippen LogP contribution in [0.2, 0.25) is 0 Å². The van der Waals surface area contributed by atoms with E-state index in [1.807, 2.05) is 30.3 Å². The van der Waals surface area contributed by atoms with Crippen LogP contribution in [0.25, 0.3) is 6.08 Å². The third kappa shape index (κ3) is 9.88. The number of nitrogens with zero attached hydrogens (tertiary/aromatic N) is 1. The van der Waals surface area contributed by atoms with E-state index in [-0.39, 0.29) is 32.2 Å². The number of hydrogen-bond donors (Lipinski definition) is 2. The molecule has 0 fully saturated rings. The quantitative estimate of drug-likeness (QED) is 0.608. The summed E-state index contributed by atoms with van der Waals surface area (Å²) in [6, 6.07) is 9.41. The Labute approximate surface area is 159 Å². The number of amides is 3. The molecular weight excluding hydrogens is 350 g/mol. The fraction of sp³-hybridized carbons (Fsp3) is 0.421. The average Bonchev–Trinajstić information content (AvgIpc) is 2.66. The lowest BCUT2D eigenvalue weighted by atomic mass is 10.2. The lowest BCUT2D eigenvalue weighted by molar-refractivity contribution is -0.127. The van der Waals surface area contributed by atoms with Crippen LogP contribution >= 0.6 is 0 Å². The molecule has 27 heavy (non-hydrogen) atoms. The maximum absolute atomic E-state index is 12.4. The van der Waals surface area contributed by atoms with Crippen molar-refractivity contribution in [2.24, 2.45) is 0 Å². The Morgan fingerprint density at radius 2 is 1.44 bits per heavy atom. The van der Waals surface area contributed by atoms with Crippen LogP contribution in [-0.4, -0.2) is 62.4 Å². The van der Waals surface area contributed by atoms with Gasteiger partial charge in [0.25, 0.3) is 0 Å². The summed E-state index contributed by atoms with van der Waals surface area (Å²) in [5.74, 6) is -0.266. The standard InChI is InChI=1S/C19H27N3O5/c1-3-20-18(24)26-14-12-22(13-15-27-19(25)21-4-2)17(23)11-10-16-8-6-5-7-9-16/h5-11H,3-4,12-15H2,1-2H3,(H,20,24)(H,21,25)/b11-10+. The van der Waals surface area contributed by atoms with Gasteiger partial charge in [0, 0.05) is 19.2 Å². The topological polar surface area (TPSA) is 97.0 Å². The molecule has 3 amide bonds. The van der Waals surface area contributed by atoms with Gasteiger partial charge in [-0.2, -0.15) is 0 Å². The van der Waals surface area contributed by atoms with E-state index in [1.54, 1.807) is 19.9 Å². The largest absolute Gasteiger partial charge is 0.448 e. The summed E-state index contributed by atoms with van der Waals surface area (Å²) in [6.07, 6.45) is 2.06. The Hall–Kier alpha value is -3.03. The van der Waals surface area contributed by atoms with Crippen molar-refractivity contribution in [2.45, 2.75) is 13.8 Å². The van der Waals surface area contributed by atoms with Crippen LogP contribution in [0.4, 0.5) is 9.59 Å². The molecule has 0 radical (unpaired) electrons. The summed E-state index contributed by atoms with van der Waals surface area (Å²) in [5, 5.41) is 5.02. The molecule has 0 atom stereocenters. The van der Waals surface area contributed by atoms with Gasteiger partial charge in [0.2, 0.25) is 5.91 Å². The lowest BCUT2D eigenvalue weighted by Gasteiger charge is -2.21. The molecule has 1 rings (SSSR count). The molecule has 0 heterocycles. The molecule has 1 aromatic carbocycles. The zero-order valence-corrected chi connectivity index (χ0v) is 15.8. The van der Waals surface area contributed by atoms with Crippen LogP contribution in [0.3, 0.4) is 0 Å². The van der Waals surface area contributed by atoms with Crippen molar-refractivity contribution in [2.75, 3.05) is 39.4 Å². The number of rotatable bonds is 10. The molecule has 0 aliphatic rings. The number of benzene rings is 1. The zero-order valence-electron chi connectivity index (χ0n) is 15.8. The van der Waals surface area contributed by atoms with Crippen molar-refractivity contribution < 1.29 is 23.9 Å². The zero-order chi connectivity index (χ0) is 19.9. The molecule has 8 heteroatoms. The van der Waals surface area contributed by atoms with Gasteiger partial charge < -0.3 is 25.0 Å². The van der Waals surface area contributed by atoms with Crippen LogP contribution in [0.15, 0.2) is 36.4 Å². The van der Waals surface area contributed by atoms with Crippen LogP contribution in [-0.2, 0) is 14.3 Å². The van der Waals surface area contributed by atoms with Crippen LogP contribution in [0, 0.1) is 0 Å². The molecule has 0 aliphatic carbocycles. The SMILES string of the molecule is CCNC(=O)OCCN(CCOC(=O)NCC)C(=O)/C=C/c1ccccc1. The van der Waals surface area contributed by atoms with Crippen LogP contribution < -0.4 is 10.6 Å². The van der Waals surface area contributed by atoms with E-state index in [0.29, 0.717) is 13.1 Å². The van der Waals surface area contributed by atoms with Crippen molar-refractivity contribution in [1.82, 2.24) is 15.5 Å². The fourth-order valence-corrected chi connectivity index (χ4v) is 2.06. The summed E-state index contributed by atoms with van der Waals surface area (Å²) < 4.78 is 10.0. The van der Waals surface area contributed by atoms with Crippen molar-refractivity contribution in [3.8, 4) is 0 Å². The Morgan fingerprint density at radius 3 is 1.93 bits per heavy atom. The highest BCUT2D eigenvalue weighted by Crippen LogP contribution is 2.02. The van der Waals surface area contributed by atoms with Gasteiger partial charge in [-0.25, -0.2) is 9.59 Å². The first-order chi connectivity index (χ1) is 13.1. The lowest BCUT2D eigenvalue weighted by Crippen LogP contribution is -2.38. The second-order valence-electron chi connectivity index (χ2n) is 5.40. The summed E-state index contributed by atoms with van der Waals surface area (Å²) in [6.45, 7) is 4.94. The van der Waals surface area contributed by atoms with Crippen molar-refractivity contribution in [3.63, 3.8) is 0 Å². The smallest absolute Gasteiger partial charge is 0.407 e. The van der Waals surface area contributed by atoms with Crippen LogP contribution in [0.5, 0.6) is 0 Å². The van der Waals surface area contributed by atoms with Gasteiger partial charge in [-0.15, -0.1) is 0 Å². The van der Waals surface area contributed by atoms with Gasteiger partial charge in [0.15, 0.2) is 0 Å². The maximum atomic E-state index is 12.4. The van der Waals surface area contributed by atoms with Crippen molar-refractivity contribution in [1.29, 1.82) is 0 Å². The Kier molecular flexibility index (Phi) is 10.8. The molecule has 0 saturated carbocycles. The predicted molar refractivity (Wildman–Crippen MR) is 102 cm³/mol. The third-order valence-corrected chi connectivity index (χ3v) is 3.36. The highest BCUT2D eigenvalue weighted by atomic mass is 16.6. The fourth-order valence-electron chi connectivity index (χ4n) is 2.06. The second kappa shape index (κ2) is 13.2. The molecule has 148 valence electrons. The minimum Gasteiger partial charge on any atom is -0.448 e. The van der Waals surface area contributed by atoms with E-state index >= 15 is 0 Å². The van der Waals surface area contributed by atoms with E-state index < -0.39 is 12.2 Å². The molecule has 8 nitrogen and oxygen atoms in total. The van der Waals surface area contributed by atoms with E-state index in [9.17, 15) is 14.4 Å². The van der Waals surface area contributed by atoms with Gasteiger partial charge in [-0.3, -0.25) is 4.79 Å². The maximum Gasteiger partial charge on any atom is 0.407 e. The van der Waals surface area contributed by atoms with Gasteiger partial charge in [0.1, 0.15) is 13.2 Å². The van der Waals surface area contributed by atoms with Gasteiger partial charge in [0.05, 0.1) is 13.1 Å². The van der Waals surface area contributed by atoms with Gasteiger partial charge >= 0.3 is 12.2 Å². The first kappa shape index (κ1) is 22.0. The number of ether oxygens (including phenoxy) is 2. The summed E-state index contributed by atoms with van der Waals surface area (Å²) in [5.41, 5.74) is 0.892. The average molecular weight is 377 g/mol. The molecule has 0 unspecified atom stereocenters. The first-order valence-electron chi connectivity index (χ1n) is 8.90. The first-order valence-corrected chi connectivity index (χ1v) is 8.90. The van der Waals surface area contributed by atoms with E-state index in [1.165, 1.54) is 11.0 Å². The monoisotopic (exact) mass is 377 g/mol. The number of alkyl carbamates (subject to hydrolysis) is 2. The van der Waals surface area contributed by atoms with E-state index in [2.05, 4.69) is 10.6 Å². The summed E-state index contributed by atoms with van der Waals surface area (Å²) >= 11 is 0. The number of nitrogens with one attached hydrogen (secondary N) is 2. The van der Waals surface area contributed by atoms with Crippen LogP contribution in [0.1, 0.15) is 19.4 Å². The Balaban J connectivity index is 2.59. The van der Waals surface area contributed by atoms with Crippen molar-refractivity contribution in [3.05, 3.63) is 42.0 Å². The predicted octanol–water partition coefficient (Wildman–Crippen LogP) is 2.02. The minimum atomic E-state index is -0.539. The Bertz CT molecular complexity index is 595. The summed E-state index contributed by atoms with van der Waals surface area (Å²) in [7, 11) is 0. The molecule has 1 aromatic rings.